The molecule has 1 aliphatic heterocycles. The highest BCUT2D eigenvalue weighted by atomic mass is 16.5. The molecule has 1 heterocycles. The van der Waals surface area contributed by atoms with Crippen LogP contribution in [0.15, 0.2) is 0 Å². The summed E-state index contributed by atoms with van der Waals surface area (Å²) in [5.74, 6) is 0. The van der Waals surface area contributed by atoms with Crippen LogP contribution >= 0.6 is 0 Å². The Morgan fingerprint density at radius 2 is 1.65 bits per heavy atom. The molecule has 3 nitrogen and oxygen atoms in total. The summed E-state index contributed by atoms with van der Waals surface area (Å²) in [5.41, 5.74) is 5.72. The normalized spacial score (nSPS) is 25.2. The van der Waals surface area contributed by atoms with E-state index in [0.717, 1.165) is 25.6 Å². The molecule has 1 unspecified atom stereocenters. The molecule has 0 spiro atoms. The number of rotatable bonds is 8. The fourth-order valence-corrected chi connectivity index (χ4v) is 3.79. The van der Waals surface area contributed by atoms with Crippen LogP contribution in [-0.2, 0) is 4.74 Å². The Morgan fingerprint density at radius 1 is 0.900 bits per heavy atom. The van der Waals surface area contributed by atoms with Crippen molar-refractivity contribution in [1.29, 1.82) is 0 Å². The predicted molar refractivity (Wildman–Crippen MR) is 84.9 cm³/mol. The fraction of sp³-hybridized carbons (Fsp3) is 1.00. The first-order valence-electron chi connectivity index (χ1n) is 8.96. The summed E-state index contributed by atoms with van der Waals surface area (Å²) >= 11 is 0. The van der Waals surface area contributed by atoms with Gasteiger partial charge in [-0.1, -0.05) is 25.7 Å². The summed E-state index contributed by atoms with van der Waals surface area (Å²) in [4.78, 5) is 2.74. The van der Waals surface area contributed by atoms with Crippen molar-refractivity contribution in [1.82, 2.24) is 4.90 Å². The molecule has 1 aliphatic carbocycles. The van der Waals surface area contributed by atoms with Crippen molar-refractivity contribution >= 4 is 0 Å². The van der Waals surface area contributed by atoms with E-state index in [0.29, 0.717) is 6.10 Å². The van der Waals surface area contributed by atoms with Crippen LogP contribution in [0.25, 0.3) is 0 Å². The Kier molecular flexibility index (Phi) is 7.92. The van der Waals surface area contributed by atoms with Gasteiger partial charge in [0.05, 0.1) is 6.10 Å². The van der Waals surface area contributed by atoms with Crippen molar-refractivity contribution in [2.75, 3.05) is 26.2 Å². The van der Waals surface area contributed by atoms with Crippen LogP contribution in [0.4, 0.5) is 0 Å². The molecule has 2 N–H and O–H groups in total. The highest BCUT2D eigenvalue weighted by molar-refractivity contribution is 4.76. The summed E-state index contributed by atoms with van der Waals surface area (Å²) in [7, 11) is 0. The van der Waals surface area contributed by atoms with Crippen molar-refractivity contribution in [2.45, 2.75) is 82.8 Å². The van der Waals surface area contributed by atoms with E-state index in [1.165, 1.54) is 77.3 Å². The van der Waals surface area contributed by atoms with E-state index < -0.39 is 0 Å². The van der Waals surface area contributed by atoms with Crippen LogP contribution in [-0.4, -0.2) is 43.3 Å². The maximum Gasteiger partial charge on any atom is 0.0576 e. The second kappa shape index (κ2) is 9.75. The van der Waals surface area contributed by atoms with Crippen molar-refractivity contribution in [3.05, 3.63) is 0 Å². The van der Waals surface area contributed by atoms with Gasteiger partial charge in [-0.25, -0.2) is 0 Å². The number of nitrogens with zero attached hydrogens (tertiary/aromatic N) is 1. The van der Waals surface area contributed by atoms with E-state index >= 15 is 0 Å². The second-order valence-corrected chi connectivity index (χ2v) is 6.60. The zero-order valence-electron chi connectivity index (χ0n) is 13.2. The minimum atomic E-state index is 0.556. The van der Waals surface area contributed by atoms with Gasteiger partial charge in [-0.2, -0.15) is 0 Å². The Morgan fingerprint density at radius 3 is 2.30 bits per heavy atom. The van der Waals surface area contributed by atoms with E-state index in [4.69, 9.17) is 10.5 Å². The van der Waals surface area contributed by atoms with Crippen molar-refractivity contribution in [2.24, 2.45) is 5.73 Å². The van der Waals surface area contributed by atoms with Gasteiger partial charge < -0.3 is 15.4 Å². The van der Waals surface area contributed by atoms with Gasteiger partial charge in [-0.15, -0.1) is 0 Å². The fourth-order valence-electron chi connectivity index (χ4n) is 3.79. The molecule has 0 aromatic carbocycles. The van der Waals surface area contributed by atoms with Crippen LogP contribution in [0.2, 0.25) is 0 Å². The summed E-state index contributed by atoms with van der Waals surface area (Å²) in [6.07, 6.45) is 15.4. The highest BCUT2D eigenvalue weighted by Gasteiger charge is 2.20. The van der Waals surface area contributed by atoms with Crippen LogP contribution in [0, 0.1) is 0 Å². The lowest BCUT2D eigenvalue weighted by Crippen LogP contribution is -2.37. The number of ether oxygens (including phenoxy) is 1. The van der Waals surface area contributed by atoms with Crippen LogP contribution < -0.4 is 5.73 Å². The molecular formula is C17H34N2O. The second-order valence-electron chi connectivity index (χ2n) is 6.60. The van der Waals surface area contributed by atoms with Crippen molar-refractivity contribution in [3.8, 4) is 0 Å². The lowest BCUT2D eigenvalue weighted by atomic mass is 10.1. The smallest absolute Gasteiger partial charge is 0.0576 e. The van der Waals surface area contributed by atoms with Crippen molar-refractivity contribution < 1.29 is 4.74 Å². The van der Waals surface area contributed by atoms with Gasteiger partial charge in [0.1, 0.15) is 0 Å². The molecule has 0 aromatic rings. The van der Waals surface area contributed by atoms with Gasteiger partial charge in [0.25, 0.3) is 0 Å². The molecule has 118 valence electrons. The van der Waals surface area contributed by atoms with Gasteiger partial charge in [0, 0.05) is 12.6 Å². The van der Waals surface area contributed by atoms with Gasteiger partial charge in [-0.3, -0.25) is 0 Å². The van der Waals surface area contributed by atoms with Crippen molar-refractivity contribution in [3.63, 3.8) is 0 Å². The third-order valence-corrected chi connectivity index (χ3v) is 4.99. The van der Waals surface area contributed by atoms with Crippen LogP contribution in [0.3, 0.4) is 0 Å². The molecule has 1 saturated carbocycles. The van der Waals surface area contributed by atoms with E-state index in [-0.39, 0.29) is 0 Å². The summed E-state index contributed by atoms with van der Waals surface area (Å²) < 4.78 is 5.74. The monoisotopic (exact) mass is 282 g/mol. The summed E-state index contributed by atoms with van der Waals surface area (Å²) in [6.45, 7) is 4.27. The average Bonchev–Trinajstić information content (AvgIpc) is 2.83. The van der Waals surface area contributed by atoms with E-state index in [1.807, 2.05) is 0 Å². The minimum Gasteiger partial charge on any atom is -0.378 e. The number of nitrogens with two attached hydrogens (primary N) is 1. The lowest BCUT2D eigenvalue weighted by molar-refractivity contribution is 0.0944. The van der Waals surface area contributed by atoms with E-state index in [1.54, 1.807) is 0 Å². The third-order valence-electron chi connectivity index (χ3n) is 4.99. The molecule has 0 radical (unpaired) electrons. The lowest BCUT2D eigenvalue weighted by Gasteiger charge is -2.31. The zero-order chi connectivity index (χ0) is 14.0. The topological polar surface area (TPSA) is 38.5 Å². The van der Waals surface area contributed by atoms with E-state index in [9.17, 15) is 0 Å². The molecule has 1 saturated heterocycles. The maximum atomic E-state index is 5.74. The average molecular weight is 282 g/mol. The Hall–Kier alpha value is -0.120. The number of hydrogen-bond donors (Lipinski definition) is 1. The quantitative estimate of drug-likeness (QED) is 0.694. The summed E-state index contributed by atoms with van der Waals surface area (Å²) in [6, 6.07) is 0.827. The molecule has 1 atom stereocenters. The largest absolute Gasteiger partial charge is 0.378 e. The van der Waals surface area contributed by atoms with Gasteiger partial charge in [-0.05, 0) is 64.6 Å². The number of hydrogen-bond acceptors (Lipinski definition) is 3. The molecule has 0 aromatic heterocycles. The zero-order valence-corrected chi connectivity index (χ0v) is 13.2. The first-order valence-corrected chi connectivity index (χ1v) is 8.96. The Labute approximate surface area is 125 Å². The Bertz CT molecular complexity index is 233. The molecule has 20 heavy (non-hydrogen) atoms. The molecule has 2 fully saturated rings. The molecule has 2 rings (SSSR count). The first-order chi connectivity index (χ1) is 9.90. The van der Waals surface area contributed by atoms with Gasteiger partial charge in [0.15, 0.2) is 0 Å². The SMILES string of the molecule is NCCCN(CCCC1CCCO1)C1CCCCCC1. The molecular weight excluding hydrogens is 248 g/mol. The molecule has 3 heteroatoms. The standard InChI is InChI=1S/C17H34N2O/c18-12-7-14-19(16-8-3-1-2-4-9-16)13-5-10-17-11-6-15-20-17/h16-17H,1-15,18H2. The van der Waals surface area contributed by atoms with Gasteiger partial charge >= 0.3 is 0 Å². The predicted octanol–water partition coefficient (Wildman–Crippen LogP) is 3.32. The summed E-state index contributed by atoms with van der Waals surface area (Å²) in [5, 5.41) is 0. The molecule has 0 bridgehead atoms. The van der Waals surface area contributed by atoms with E-state index in [2.05, 4.69) is 4.90 Å². The molecule has 0 amide bonds. The molecule has 2 aliphatic rings. The Balaban J connectivity index is 1.72. The maximum absolute atomic E-state index is 5.74. The first kappa shape index (κ1) is 16.3. The third kappa shape index (κ3) is 5.71. The highest BCUT2D eigenvalue weighted by Crippen LogP contribution is 2.23. The van der Waals surface area contributed by atoms with Crippen LogP contribution in [0.1, 0.15) is 70.6 Å². The van der Waals surface area contributed by atoms with Crippen LogP contribution in [0.5, 0.6) is 0 Å². The van der Waals surface area contributed by atoms with Gasteiger partial charge in [0.2, 0.25) is 0 Å². The minimum absolute atomic E-state index is 0.556.